The number of thiazole rings is 1. The molecule has 0 spiro atoms. The molecule has 0 bridgehead atoms. The molecule has 0 aliphatic rings. The van der Waals surface area contributed by atoms with E-state index >= 15 is 0 Å². The van der Waals surface area contributed by atoms with Crippen molar-refractivity contribution in [3.8, 4) is 10.6 Å². The highest BCUT2D eigenvalue weighted by molar-refractivity contribution is 7.89. The van der Waals surface area contributed by atoms with Crippen molar-refractivity contribution < 1.29 is 30.8 Å². The number of alkyl halides is 3. The molecule has 2 heterocycles. The smallest absolute Gasteiger partial charge is 0.416 e. The van der Waals surface area contributed by atoms with Crippen LogP contribution in [0.5, 0.6) is 0 Å². The minimum absolute atomic E-state index is 0.000850. The number of fused-ring (bicyclic) bond motifs is 4. The number of hydrogen-bond donors (Lipinski definition) is 1. The normalized spacial score (nSPS) is 13.7. The van der Waals surface area contributed by atoms with Gasteiger partial charge >= 0.3 is 6.18 Å². The molecule has 0 radical (unpaired) electrons. The SMILES string of the molecule is CC(C)[C@H](C=O)NS(=O)(=O)c1ccc2oc3cc(-c4nc5ccc(C(F)(F)F)cc5s4)ccc3c2c1. The summed E-state index contributed by atoms with van der Waals surface area (Å²) < 4.78 is 73.6. The molecule has 11 heteroatoms. The fourth-order valence-electron chi connectivity index (χ4n) is 3.85. The number of nitrogens with one attached hydrogen (secondary N) is 1. The van der Waals surface area contributed by atoms with E-state index in [0.717, 1.165) is 23.5 Å². The molecule has 1 atom stereocenters. The van der Waals surface area contributed by atoms with Gasteiger partial charge in [-0.3, -0.25) is 0 Å². The lowest BCUT2D eigenvalue weighted by molar-refractivity contribution is -0.137. The van der Waals surface area contributed by atoms with Gasteiger partial charge in [-0.2, -0.15) is 13.2 Å². The number of nitrogens with zero attached hydrogens (tertiary/aromatic N) is 1. The Labute approximate surface area is 207 Å². The maximum absolute atomic E-state index is 13.1. The molecule has 0 fully saturated rings. The van der Waals surface area contributed by atoms with Crippen molar-refractivity contribution in [3.05, 3.63) is 60.2 Å². The third-order valence-corrected chi connectivity index (χ3v) is 8.40. The first-order valence-electron chi connectivity index (χ1n) is 10.9. The summed E-state index contributed by atoms with van der Waals surface area (Å²) in [6.45, 7) is 3.49. The largest absolute Gasteiger partial charge is 0.456 e. The van der Waals surface area contributed by atoms with Crippen molar-refractivity contribution in [2.75, 3.05) is 0 Å². The number of aromatic nitrogens is 1. The molecule has 3 aromatic carbocycles. The molecule has 1 N–H and O–H groups in total. The van der Waals surface area contributed by atoms with Crippen molar-refractivity contribution in [3.63, 3.8) is 0 Å². The van der Waals surface area contributed by atoms with E-state index < -0.39 is 27.8 Å². The van der Waals surface area contributed by atoms with E-state index in [1.807, 2.05) is 0 Å². The topological polar surface area (TPSA) is 89.3 Å². The number of hydrogen-bond acceptors (Lipinski definition) is 6. The van der Waals surface area contributed by atoms with E-state index in [9.17, 15) is 26.4 Å². The third-order valence-electron chi connectivity index (χ3n) is 5.87. The summed E-state index contributed by atoms with van der Waals surface area (Å²) >= 11 is 1.14. The molecule has 186 valence electrons. The summed E-state index contributed by atoms with van der Waals surface area (Å²) in [5, 5.41) is 1.78. The standard InChI is InChI=1S/C25H19F3N2O4S2/c1-13(2)20(12-31)30-36(32,33)16-5-8-21-18(11-16)17-6-3-14(9-22(17)34-21)24-29-19-7-4-15(25(26,27)28)10-23(19)35-24/h3-13,20,30H,1-2H3/t20-/m0/s1. The molecular formula is C25H19F3N2O4S2. The number of rotatable bonds is 6. The lowest BCUT2D eigenvalue weighted by Gasteiger charge is -2.16. The van der Waals surface area contributed by atoms with Gasteiger partial charge < -0.3 is 9.21 Å². The zero-order valence-corrected chi connectivity index (χ0v) is 20.6. The summed E-state index contributed by atoms with van der Waals surface area (Å²) in [6, 6.07) is 12.3. The third kappa shape index (κ3) is 4.38. The van der Waals surface area contributed by atoms with E-state index in [-0.39, 0.29) is 10.8 Å². The van der Waals surface area contributed by atoms with Crippen LogP contribution in [0.2, 0.25) is 0 Å². The summed E-state index contributed by atoms with van der Waals surface area (Å²) in [5.74, 6) is -0.211. The highest BCUT2D eigenvalue weighted by Crippen LogP contribution is 2.38. The van der Waals surface area contributed by atoms with Gasteiger partial charge in [0.05, 0.1) is 26.7 Å². The van der Waals surface area contributed by atoms with Crippen LogP contribution in [-0.2, 0) is 21.0 Å². The number of carbonyl (C=O) groups excluding carboxylic acids is 1. The minimum Gasteiger partial charge on any atom is -0.456 e. The van der Waals surface area contributed by atoms with Gasteiger partial charge in [0, 0.05) is 16.3 Å². The lowest BCUT2D eigenvalue weighted by atomic mass is 10.1. The highest BCUT2D eigenvalue weighted by atomic mass is 32.2. The highest BCUT2D eigenvalue weighted by Gasteiger charge is 2.31. The Balaban J connectivity index is 1.53. The Morgan fingerprint density at radius 2 is 1.78 bits per heavy atom. The first-order chi connectivity index (χ1) is 17.0. The van der Waals surface area contributed by atoms with Gasteiger partial charge in [-0.05, 0) is 54.4 Å². The molecule has 6 nitrogen and oxygen atoms in total. The number of furan rings is 1. The van der Waals surface area contributed by atoms with Crippen LogP contribution in [0, 0.1) is 5.92 Å². The second-order valence-electron chi connectivity index (χ2n) is 8.70. The number of sulfonamides is 1. The summed E-state index contributed by atoms with van der Waals surface area (Å²) in [5.41, 5.74) is 1.34. The van der Waals surface area contributed by atoms with Crippen LogP contribution in [0.1, 0.15) is 19.4 Å². The number of halogens is 3. The molecule has 36 heavy (non-hydrogen) atoms. The van der Waals surface area contributed by atoms with Gasteiger partial charge in [-0.15, -0.1) is 11.3 Å². The van der Waals surface area contributed by atoms with Crippen molar-refractivity contribution >= 4 is 59.8 Å². The quantitative estimate of drug-likeness (QED) is 0.256. The van der Waals surface area contributed by atoms with Crippen molar-refractivity contribution in [1.82, 2.24) is 9.71 Å². The molecule has 0 aliphatic carbocycles. The van der Waals surface area contributed by atoms with Crippen molar-refractivity contribution in [2.24, 2.45) is 5.92 Å². The van der Waals surface area contributed by atoms with Gasteiger partial charge in [-0.1, -0.05) is 19.9 Å². The summed E-state index contributed by atoms with van der Waals surface area (Å²) in [4.78, 5) is 15.7. The van der Waals surface area contributed by atoms with Crippen molar-refractivity contribution in [1.29, 1.82) is 0 Å². The van der Waals surface area contributed by atoms with Gasteiger partial charge in [0.1, 0.15) is 22.5 Å². The maximum Gasteiger partial charge on any atom is 0.416 e. The van der Waals surface area contributed by atoms with Crippen LogP contribution in [0.15, 0.2) is 63.9 Å². The molecule has 2 aromatic heterocycles. The Kier molecular flexibility index (Phi) is 5.89. The fraction of sp³-hybridized carbons (Fsp3) is 0.200. The van der Waals surface area contributed by atoms with E-state index in [0.29, 0.717) is 49.0 Å². The van der Waals surface area contributed by atoms with Gasteiger partial charge in [-0.25, -0.2) is 18.1 Å². The molecule has 0 amide bonds. The fourth-order valence-corrected chi connectivity index (χ4v) is 6.19. The van der Waals surface area contributed by atoms with Gasteiger partial charge in [0.15, 0.2) is 0 Å². The number of aldehydes is 1. The summed E-state index contributed by atoms with van der Waals surface area (Å²) in [7, 11) is -3.95. The average molecular weight is 533 g/mol. The first kappa shape index (κ1) is 24.4. The van der Waals surface area contributed by atoms with Gasteiger partial charge in [0.2, 0.25) is 10.0 Å². The molecule has 0 saturated carbocycles. The zero-order valence-electron chi connectivity index (χ0n) is 19.0. The Bertz CT molecular complexity index is 1740. The molecule has 5 aromatic rings. The van der Waals surface area contributed by atoms with Crippen LogP contribution in [0.25, 0.3) is 42.7 Å². The molecule has 0 saturated heterocycles. The Morgan fingerprint density at radius 3 is 2.47 bits per heavy atom. The lowest BCUT2D eigenvalue weighted by Crippen LogP contribution is -2.39. The molecule has 5 rings (SSSR count). The maximum atomic E-state index is 13.1. The first-order valence-corrected chi connectivity index (χ1v) is 13.2. The predicted octanol–water partition coefficient (Wildman–Crippen LogP) is 6.38. The van der Waals surface area contributed by atoms with E-state index in [1.165, 1.54) is 18.2 Å². The Morgan fingerprint density at radius 1 is 1.00 bits per heavy atom. The second kappa shape index (κ2) is 8.68. The minimum atomic E-state index is -4.43. The number of benzene rings is 3. The predicted molar refractivity (Wildman–Crippen MR) is 132 cm³/mol. The van der Waals surface area contributed by atoms with Crippen LogP contribution >= 0.6 is 11.3 Å². The Hall–Kier alpha value is -3.28. The van der Waals surface area contributed by atoms with Gasteiger partial charge in [0.25, 0.3) is 0 Å². The molecular weight excluding hydrogens is 513 g/mol. The van der Waals surface area contributed by atoms with E-state index in [4.69, 9.17) is 4.42 Å². The average Bonchev–Trinajstić information content (AvgIpc) is 3.41. The second-order valence-corrected chi connectivity index (χ2v) is 11.4. The summed E-state index contributed by atoms with van der Waals surface area (Å²) in [6.07, 6.45) is -3.86. The van der Waals surface area contributed by atoms with E-state index in [2.05, 4.69) is 9.71 Å². The van der Waals surface area contributed by atoms with Crippen LogP contribution in [0.3, 0.4) is 0 Å². The van der Waals surface area contributed by atoms with Crippen molar-refractivity contribution in [2.45, 2.75) is 31.0 Å². The molecule has 0 unspecified atom stereocenters. The zero-order chi connectivity index (χ0) is 25.8. The van der Waals surface area contributed by atoms with Crippen LogP contribution in [0.4, 0.5) is 13.2 Å². The molecule has 0 aliphatic heterocycles. The van der Waals surface area contributed by atoms with E-state index in [1.54, 1.807) is 38.1 Å². The number of carbonyl (C=O) groups is 1. The van der Waals surface area contributed by atoms with Crippen LogP contribution < -0.4 is 4.72 Å². The van der Waals surface area contributed by atoms with Crippen LogP contribution in [-0.4, -0.2) is 25.7 Å². The monoisotopic (exact) mass is 532 g/mol.